The molecule has 2 heterocycles. The van der Waals surface area contributed by atoms with E-state index >= 15 is 0 Å². The number of alkyl halides is 6. The van der Waals surface area contributed by atoms with Crippen LogP contribution in [0.15, 0.2) is 79.8 Å². The molecule has 5 aromatic rings. The molecule has 0 radical (unpaired) electrons. The number of aromatic nitrogens is 2. The molecule has 0 aliphatic rings. The number of fused-ring (bicyclic) bond motifs is 2. The third-order valence-electron chi connectivity index (χ3n) is 7.16. The summed E-state index contributed by atoms with van der Waals surface area (Å²) < 4.78 is 87.5. The van der Waals surface area contributed by atoms with Crippen LogP contribution in [0.25, 0.3) is 27.2 Å². The second kappa shape index (κ2) is 11.0. The highest BCUT2D eigenvalue weighted by Crippen LogP contribution is 2.56. The van der Waals surface area contributed by atoms with Crippen LogP contribution in [0.4, 0.5) is 26.3 Å². The Hall–Kier alpha value is -4.48. The van der Waals surface area contributed by atoms with Gasteiger partial charge in [-0.25, -0.2) is 4.57 Å². The number of nitrogens with one attached hydrogen (secondary N) is 1. The molecule has 12 heteroatoms. The van der Waals surface area contributed by atoms with Crippen LogP contribution in [0.2, 0.25) is 0 Å². The normalized spacial score (nSPS) is 12.6. The number of nitrogens with zero attached hydrogens (tertiary/aromatic N) is 1. The van der Waals surface area contributed by atoms with Gasteiger partial charge in [0.15, 0.2) is 0 Å². The number of aromatic amines is 1. The van der Waals surface area contributed by atoms with Gasteiger partial charge < -0.3 is 0 Å². The quantitative estimate of drug-likeness (QED) is 0.241. The summed E-state index contributed by atoms with van der Waals surface area (Å²) in [5, 5.41) is -0.734. The zero-order chi connectivity index (χ0) is 32.1. The molecule has 0 unspecified atom stereocenters. The summed E-state index contributed by atoms with van der Waals surface area (Å²) in [5.74, 6) is -0.132. The molecule has 3 aromatic carbocycles. The Bertz CT molecular complexity index is 1900. The van der Waals surface area contributed by atoms with Crippen molar-refractivity contribution in [2.24, 2.45) is 0 Å². The second-order valence-electron chi connectivity index (χ2n) is 10.4. The van der Waals surface area contributed by atoms with Crippen molar-refractivity contribution in [2.45, 2.75) is 57.8 Å². The predicted molar refractivity (Wildman–Crippen MR) is 152 cm³/mol. The van der Waals surface area contributed by atoms with Gasteiger partial charge >= 0.3 is 12.4 Å². The van der Waals surface area contributed by atoms with Gasteiger partial charge in [-0.05, 0) is 46.9 Å². The lowest BCUT2D eigenvalue weighted by Gasteiger charge is -2.38. The van der Waals surface area contributed by atoms with E-state index in [9.17, 15) is 45.5 Å². The summed E-state index contributed by atoms with van der Waals surface area (Å²) in [6, 6.07) is 8.91. The molecule has 0 aliphatic carbocycles. The number of benzene rings is 3. The fourth-order valence-electron chi connectivity index (χ4n) is 5.10. The molecule has 0 aliphatic heterocycles. The predicted octanol–water partition coefficient (Wildman–Crippen LogP) is 6.38. The first-order valence-corrected chi connectivity index (χ1v) is 13.3. The zero-order valence-corrected chi connectivity index (χ0v) is 23.4. The number of H-pyrrole nitrogens is 1. The van der Waals surface area contributed by atoms with Gasteiger partial charge in [-0.1, -0.05) is 70.5 Å². The smallest absolute Gasteiger partial charge is 0.288 e. The highest BCUT2D eigenvalue weighted by atomic mass is 19.4. The summed E-state index contributed by atoms with van der Waals surface area (Å²) in [6.07, 6.45) is -10.4. The Kier molecular flexibility index (Phi) is 8.03. The molecular formula is C31H26F6N2O4. The Morgan fingerprint density at radius 2 is 1.02 bits per heavy atom. The Morgan fingerprint density at radius 3 is 1.37 bits per heavy atom. The van der Waals surface area contributed by atoms with Crippen molar-refractivity contribution >= 4 is 21.5 Å². The van der Waals surface area contributed by atoms with E-state index in [0.29, 0.717) is 22.3 Å². The summed E-state index contributed by atoms with van der Waals surface area (Å²) in [6.45, 7) is 7.74. The van der Waals surface area contributed by atoms with Crippen molar-refractivity contribution in [2.75, 3.05) is 0 Å². The molecule has 226 valence electrons. The lowest BCUT2D eigenvalue weighted by molar-refractivity contribution is -0.288. The summed E-state index contributed by atoms with van der Waals surface area (Å²) in [5.41, 5.74) is -9.80. The molecule has 43 heavy (non-hydrogen) atoms. The molecule has 6 nitrogen and oxygen atoms in total. The van der Waals surface area contributed by atoms with E-state index < -0.39 is 51.1 Å². The lowest BCUT2D eigenvalue weighted by Crippen LogP contribution is -2.54. The van der Waals surface area contributed by atoms with Crippen LogP contribution in [0.5, 0.6) is 0 Å². The first kappa shape index (κ1) is 31.5. The van der Waals surface area contributed by atoms with Crippen LogP contribution in [-0.4, -0.2) is 21.9 Å². The average Bonchev–Trinajstić information content (AvgIpc) is 3.33. The summed E-state index contributed by atoms with van der Waals surface area (Å²) in [4.78, 5) is 52.0. The molecule has 0 saturated heterocycles. The van der Waals surface area contributed by atoms with E-state index in [1.165, 1.54) is 18.6 Å². The SMILES string of the molecule is CC(C)c1ccc(C(c2ccc(-n3c(=O)c4cc5c(=O)[nH]c(=O)c5cc4c3=O)cc2)(C(F)(F)F)C(F)(F)F)cc1.CCC. The van der Waals surface area contributed by atoms with E-state index in [1.807, 2.05) is 4.98 Å². The topological polar surface area (TPSA) is 89.0 Å². The van der Waals surface area contributed by atoms with Gasteiger partial charge in [0, 0.05) is 0 Å². The maximum Gasteiger partial charge on any atom is 0.411 e. The van der Waals surface area contributed by atoms with E-state index in [4.69, 9.17) is 0 Å². The van der Waals surface area contributed by atoms with Crippen LogP contribution in [0, 0.1) is 0 Å². The highest BCUT2D eigenvalue weighted by molar-refractivity contribution is 5.97. The minimum atomic E-state index is -5.81. The molecular weight excluding hydrogens is 578 g/mol. The van der Waals surface area contributed by atoms with Gasteiger partial charge in [0.1, 0.15) is 0 Å². The van der Waals surface area contributed by atoms with Gasteiger partial charge in [0.2, 0.25) is 5.41 Å². The average molecular weight is 605 g/mol. The van der Waals surface area contributed by atoms with Gasteiger partial charge in [-0.15, -0.1) is 0 Å². The monoisotopic (exact) mass is 604 g/mol. The minimum absolute atomic E-state index is 0.132. The third-order valence-corrected chi connectivity index (χ3v) is 7.16. The van der Waals surface area contributed by atoms with Crippen LogP contribution >= 0.6 is 0 Å². The number of hydrogen-bond acceptors (Lipinski definition) is 4. The van der Waals surface area contributed by atoms with E-state index in [-0.39, 0.29) is 33.2 Å². The second-order valence-corrected chi connectivity index (χ2v) is 10.4. The van der Waals surface area contributed by atoms with Crippen molar-refractivity contribution in [1.82, 2.24) is 9.55 Å². The fourth-order valence-corrected chi connectivity index (χ4v) is 5.10. The molecule has 0 saturated carbocycles. The van der Waals surface area contributed by atoms with Gasteiger partial charge in [0.05, 0.1) is 27.2 Å². The molecule has 0 atom stereocenters. The largest absolute Gasteiger partial charge is 0.411 e. The first-order valence-electron chi connectivity index (χ1n) is 13.3. The molecule has 0 amide bonds. The van der Waals surface area contributed by atoms with Gasteiger partial charge in [-0.3, -0.25) is 24.2 Å². The van der Waals surface area contributed by atoms with Crippen molar-refractivity contribution in [1.29, 1.82) is 0 Å². The standard InChI is InChI=1S/C28H18F6N2O4.C3H8/c1-13(2)14-3-5-15(6-4-14)26(27(29,30)31,28(32,33)34)16-7-9-17(10-8-16)36-24(39)20-11-18-19(12-21(20)25(36)40)23(38)35-22(18)37;1-3-2/h3-13H,1-2H3,(H,35,37,38);3H2,1-2H3. The van der Waals surface area contributed by atoms with Gasteiger partial charge in [0.25, 0.3) is 22.2 Å². The third kappa shape index (κ3) is 4.98. The van der Waals surface area contributed by atoms with Crippen molar-refractivity contribution in [3.8, 4) is 5.69 Å². The molecule has 0 spiro atoms. The molecule has 0 fully saturated rings. The minimum Gasteiger partial charge on any atom is -0.288 e. The Morgan fingerprint density at radius 1 is 0.651 bits per heavy atom. The molecule has 1 N–H and O–H groups in total. The number of hydrogen-bond donors (Lipinski definition) is 1. The fraction of sp³-hybridized carbons (Fsp3) is 0.290. The van der Waals surface area contributed by atoms with Crippen LogP contribution in [-0.2, 0) is 5.41 Å². The highest BCUT2D eigenvalue weighted by Gasteiger charge is 2.72. The first-order chi connectivity index (χ1) is 20.0. The van der Waals surface area contributed by atoms with Crippen molar-refractivity contribution < 1.29 is 26.3 Å². The lowest BCUT2D eigenvalue weighted by atomic mass is 9.72. The maximum atomic E-state index is 14.5. The van der Waals surface area contributed by atoms with E-state index in [2.05, 4.69) is 13.8 Å². The van der Waals surface area contributed by atoms with Crippen LogP contribution < -0.4 is 22.2 Å². The summed E-state index contributed by atoms with van der Waals surface area (Å²) >= 11 is 0. The van der Waals surface area contributed by atoms with E-state index in [1.54, 1.807) is 13.8 Å². The number of rotatable bonds is 4. The maximum absolute atomic E-state index is 14.5. The zero-order valence-electron chi connectivity index (χ0n) is 23.4. The van der Waals surface area contributed by atoms with Crippen molar-refractivity contribution in [3.63, 3.8) is 0 Å². The number of halogens is 6. The summed E-state index contributed by atoms with van der Waals surface area (Å²) in [7, 11) is 0. The van der Waals surface area contributed by atoms with Crippen molar-refractivity contribution in [3.05, 3.63) is 119 Å². The molecule has 5 rings (SSSR count). The van der Waals surface area contributed by atoms with E-state index in [0.717, 1.165) is 36.4 Å². The van der Waals surface area contributed by atoms with Crippen LogP contribution in [0.3, 0.4) is 0 Å². The molecule has 2 aromatic heterocycles. The Labute approximate surface area is 239 Å². The molecule has 0 bridgehead atoms. The Balaban J connectivity index is 0.00000135. The van der Waals surface area contributed by atoms with Crippen LogP contribution in [0.1, 0.15) is 56.7 Å². The van der Waals surface area contributed by atoms with Gasteiger partial charge in [-0.2, -0.15) is 26.3 Å².